The van der Waals surface area contributed by atoms with Gasteiger partial charge in [-0.25, -0.2) is 13.1 Å². The smallest absolute Gasteiger partial charge is 0.276 e. The maximum absolute atomic E-state index is 13.1. The molecule has 1 fully saturated rings. The molecule has 1 aliphatic rings. The molecule has 10 heteroatoms. The SMILES string of the molecule is CCOc1ccc(S(=O)(=O)N2CCCCC2)cc1NC(=O)c1ccc(=O)n(Cc2ccccc2)n1. The zero-order valence-electron chi connectivity index (χ0n) is 19.5. The quantitative estimate of drug-likeness (QED) is 0.513. The van der Waals surface area contributed by atoms with Crippen molar-refractivity contribution in [1.29, 1.82) is 0 Å². The Kier molecular flexibility index (Phi) is 7.62. The van der Waals surface area contributed by atoms with E-state index in [0.717, 1.165) is 24.8 Å². The van der Waals surface area contributed by atoms with Gasteiger partial charge in [0.1, 0.15) is 11.4 Å². The summed E-state index contributed by atoms with van der Waals surface area (Å²) in [4.78, 5) is 25.4. The average molecular weight is 497 g/mol. The average Bonchev–Trinajstić information content (AvgIpc) is 2.87. The van der Waals surface area contributed by atoms with Gasteiger partial charge in [-0.1, -0.05) is 36.8 Å². The minimum atomic E-state index is -3.70. The van der Waals surface area contributed by atoms with E-state index in [1.165, 1.54) is 33.3 Å². The Hall–Kier alpha value is -3.50. The van der Waals surface area contributed by atoms with Crippen LogP contribution in [0.15, 0.2) is 70.4 Å². The number of sulfonamides is 1. The van der Waals surface area contributed by atoms with Gasteiger partial charge in [0.2, 0.25) is 10.0 Å². The van der Waals surface area contributed by atoms with Gasteiger partial charge in [0, 0.05) is 19.2 Å². The third kappa shape index (κ3) is 5.77. The molecule has 3 aromatic rings. The van der Waals surface area contributed by atoms with Crippen molar-refractivity contribution in [3.63, 3.8) is 0 Å². The van der Waals surface area contributed by atoms with E-state index < -0.39 is 15.9 Å². The number of aromatic nitrogens is 2. The van der Waals surface area contributed by atoms with Crippen LogP contribution >= 0.6 is 0 Å². The molecular formula is C25H28N4O5S. The van der Waals surface area contributed by atoms with Gasteiger partial charge in [-0.3, -0.25) is 9.59 Å². The van der Waals surface area contributed by atoms with Crippen LogP contribution in [0, 0.1) is 0 Å². The summed E-state index contributed by atoms with van der Waals surface area (Å²) in [7, 11) is -3.70. The molecule has 2 heterocycles. The van der Waals surface area contributed by atoms with Crippen LogP contribution < -0.4 is 15.6 Å². The second-order valence-corrected chi connectivity index (χ2v) is 10.1. The lowest BCUT2D eigenvalue weighted by molar-refractivity contribution is 0.101. The number of nitrogens with one attached hydrogen (secondary N) is 1. The predicted octanol–water partition coefficient (Wildman–Crippen LogP) is 3.12. The predicted molar refractivity (Wildman–Crippen MR) is 132 cm³/mol. The molecule has 0 spiro atoms. The van der Waals surface area contributed by atoms with Crippen molar-refractivity contribution in [2.75, 3.05) is 25.0 Å². The molecule has 1 aromatic heterocycles. The Balaban J connectivity index is 1.61. The van der Waals surface area contributed by atoms with E-state index in [-0.39, 0.29) is 28.4 Å². The Morgan fingerprint density at radius 3 is 2.49 bits per heavy atom. The summed E-state index contributed by atoms with van der Waals surface area (Å²) in [5.41, 5.74) is 0.772. The zero-order valence-corrected chi connectivity index (χ0v) is 20.3. The number of piperidine rings is 1. The van der Waals surface area contributed by atoms with Crippen LogP contribution in [-0.2, 0) is 16.6 Å². The van der Waals surface area contributed by atoms with E-state index in [4.69, 9.17) is 4.74 Å². The van der Waals surface area contributed by atoms with E-state index in [2.05, 4.69) is 10.4 Å². The summed E-state index contributed by atoms with van der Waals surface area (Å²) in [5.74, 6) is -0.240. The molecule has 35 heavy (non-hydrogen) atoms. The molecule has 1 saturated heterocycles. The third-order valence-electron chi connectivity index (χ3n) is 5.73. The number of ether oxygens (including phenoxy) is 1. The van der Waals surface area contributed by atoms with Crippen molar-refractivity contribution in [2.45, 2.75) is 37.6 Å². The van der Waals surface area contributed by atoms with Crippen molar-refractivity contribution in [2.24, 2.45) is 0 Å². The summed E-state index contributed by atoms with van der Waals surface area (Å²) in [6, 6.07) is 16.4. The molecule has 0 radical (unpaired) electrons. The molecule has 9 nitrogen and oxygen atoms in total. The lowest BCUT2D eigenvalue weighted by Crippen LogP contribution is -2.35. The highest BCUT2D eigenvalue weighted by molar-refractivity contribution is 7.89. The zero-order chi connectivity index (χ0) is 24.8. The van der Waals surface area contributed by atoms with Crippen LogP contribution in [0.1, 0.15) is 42.2 Å². The second kappa shape index (κ2) is 10.8. The third-order valence-corrected chi connectivity index (χ3v) is 7.62. The second-order valence-electron chi connectivity index (χ2n) is 8.21. The van der Waals surface area contributed by atoms with Crippen molar-refractivity contribution >= 4 is 21.6 Å². The number of hydrogen-bond acceptors (Lipinski definition) is 6. The summed E-state index contributed by atoms with van der Waals surface area (Å²) in [6.45, 7) is 3.30. The van der Waals surface area contributed by atoms with Crippen LogP contribution in [0.25, 0.3) is 0 Å². The highest BCUT2D eigenvalue weighted by Gasteiger charge is 2.27. The van der Waals surface area contributed by atoms with Crippen molar-refractivity contribution in [1.82, 2.24) is 14.1 Å². The minimum absolute atomic E-state index is 0.0206. The fraction of sp³-hybridized carbons (Fsp3) is 0.320. The van der Waals surface area contributed by atoms with E-state index in [1.807, 2.05) is 30.3 Å². The van der Waals surface area contributed by atoms with Crippen LogP contribution in [0.5, 0.6) is 5.75 Å². The first-order valence-electron chi connectivity index (χ1n) is 11.6. The number of rotatable bonds is 8. The highest BCUT2D eigenvalue weighted by atomic mass is 32.2. The number of nitrogens with zero attached hydrogens (tertiary/aromatic N) is 3. The molecule has 1 amide bonds. The van der Waals surface area contributed by atoms with Crippen molar-refractivity contribution < 1.29 is 17.9 Å². The Morgan fingerprint density at radius 2 is 1.77 bits per heavy atom. The van der Waals surface area contributed by atoms with Gasteiger partial charge in [-0.15, -0.1) is 0 Å². The number of hydrogen-bond donors (Lipinski definition) is 1. The van der Waals surface area contributed by atoms with E-state index >= 15 is 0 Å². The van der Waals surface area contributed by atoms with Crippen LogP contribution in [0.3, 0.4) is 0 Å². The van der Waals surface area contributed by atoms with Crippen LogP contribution in [0.4, 0.5) is 5.69 Å². The van der Waals surface area contributed by atoms with Crippen molar-refractivity contribution in [3.8, 4) is 5.75 Å². The maximum Gasteiger partial charge on any atom is 0.276 e. The molecule has 1 N–H and O–H groups in total. The topological polar surface area (TPSA) is 111 Å². The molecule has 0 saturated carbocycles. The lowest BCUT2D eigenvalue weighted by atomic mass is 10.2. The van der Waals surface area contributed by atoms with Gasteiger partial charge < -0.3 is 10.1 Å². The normalized spacial score (nSPS) is 14.4. The van der Waals surface area contributed by atoms with Gasteiger partial charge in [0.05, 0.1) is 23.7 Å². The number of anilines is 1. The van der Waals surface area contributed by atoms with Gasteiger partial charge in [-0.05, 0) is 49.6 Å². The van der Waals surface area contributed by atoms with Crippen molar-refractivity contribution in [3.05, 3.63) is 82.3 Å². The molecule has 0 unspecified atom stereocenters. The van der Waals surface area contributed by atoms with Crippen LogP contribution in [-0.4, -0.2) is 48.1 Å². The van der Waals surface area contributed by atoms with E-state index in [9.17, 15) is 18.0 Å². The molecule has 0 bridgehead atoms. The van der Waals surface area contributed by atoms with Gasteiger partial charge >= 0.3 is 0 Å². The number of benzene rings is 2. The molecule has 0 atom stereocenters. The molecule has 184 valence electrons. The van der Waals surface area contributed by atoms with E-state index in [0.29, 0.717) is 25.4 Å². The number of carbonyl (C=O) groups excluding carboxylic acids is 1. The summed E-state index contributed by atoms with van der Waals surface area (Å²) in [6.07, 6.45) is 2.66. The summed E-state index contributed by atoms with van der Waals surface area (Å²) >= 11 is 0. The minimum Gasteiger partial charge on any atom is -0.492 e. The monoisotopic (exact) mass is 496 g/mol. The fourth-order valence-corrected chi connectivity index (χ4v) is 5.47. The fourth-order valence-electron chi connectivity index (χ4n) is 3.93. The summed E-state index contributed by atoms with van der Waals surface area (Å²) in [5, 5.41) is 6.92. The van der Waals surface area contributed by atoms with E-state index in [1.54, 1.807) is 13.0 Å². The largest absolute Gasteiger partial charge is 0.492 e. The molecular weight excluding hydrogens is 468 g/mol. The Bertz CT molecular complexity index is 1350. The first-order valence-corrected chi connectivity index (χ1v) is 13.0. The highest BCUT2D eigenvalue weighted by Crippen LogP contribution is 2.30. The number of carbonyl (C=O) groups is 1. The standard InChI is InChI=1S/C25H28N4O5S/c1-2-34-23-13-11-20(35(32,33)28-15-7-4-8-16-28)17-22(23)26-25(31)21-12-14-24(30)29(27-21)18-19-9-5-3-6-10-19/h3,5-6,9-14,17H,2,4,7-8,15-16,18H2,1H3,(H,26,31). The van der Waals surface area contributed by atoms with Gasteiger partial charge in [0.25, 0.3) is 11.5 Å². The summed E-state index contributed by atoms with van der Waals surface area (Å²) < 4.78 is 34.6. The first kappa shape index (κ1) is 24.6. The Morgan fingerprint density at radius 1 is 1.03 bits per heavy atom. The Labute approximate surface area is 204 Å². The molecule has 4 rings (SSSR count). The molecule has 1 aliphatic heterocycles. The van der Waals surface area contributed by atoms with Gasteiger partial charge in [-0.2, -0.15) is 9.40 Å². The van der Waals surface area contributed by atoms with Gasteiger partial charge in [0.15, 0.2) is 0 Å². The first-order chi connectivity index (χ1) is 16.9. The molecule has 0 aliphatic carbocycles. The lowest BCUT2D eigenvalue weighted by Gasteiger charge is -2.26. The maximum atomic E-state index is 13.1. The van der Waals surface area contributed by atoms with Crippen LogP contribution in [0.2, 0.25) is 0 Å². The number of amides is 1. The molecule has 2 aromatic carbocycles.